The van der Waals surface area contributed by atoms with Crippen LogP contribution < -0.4 is 5.32 Å². The van der Waals surface area contributed by atoms with Gasteiger partial charge in [-0.15, -0.1) is 0 Å². The van der Waals surface area contributed by atoms with Crippen molar-refractivity contribution in [3.8, 4) is 0 Å². The summed E-state index contributed by atoms with van der Waals surface area (Å²) in [6, 6.07) is 1.30. The molecule has 0 aliphatic carbocycles. The van der Waals surface area contributed by atoms with Gasteiger partial charge in [-0.3, -0.25) is 14.9 Å². The largest absolute Gasteiger partial charge is 0.372 e. The van der Waals surface area contributed by atoms with E-state index in [1.807, 2.05) is 0 Å². The highest BCUT2D eigenvalue weighted by Crippen LogP contribution is 2.25. The summed E-state index contributed by atoms with van der Waals surface area (Å²) >= 11 is 0. The minimum atomic E-state index is -0.535. The molecule has 7 heteroatoms. The van der Waals surface area contributed by atoms with Crippen molar-refractivity contribution in [1.82, 2.24) is 9.88 Å². The number of anilines is 1. The van der Waals surface area contributed by atoms with Crippen molar-refractivity contribution in [3.63, 3.8) is 0 Å². The fourth-order valence-corrected chi connectivity index (χ4v) is 2.63. The van der Waals surface area contributed by atoms with E-state index in [4.69, 9.17) is 0 Å². The smallest absolute Gasteiger partial charge is 0.288 e. The maximum Gasteiger partial charge on any atom is 0.288 e. The molecule has 7 nitrogen and oxygen atoms in total. The molecule has 0 spiro atoms. The predicted molar refractivity (Wildman–Crippen MR) is 79.4 cm³/mol. The first-order valence-electron chi connectivity index (χ1n) is 7.18. The van der Waals surface area contributed by atoms with Gasteiger partial charge in [-0.25, -0.2) is 4.98 Å². The van der Waals surface area contributed by atoms with E-state index in [-0.39, 0.29) is 17.2 Å². The Morgan fingerprint density at radius 2 is 2.19 bits per heavy atom. The molecule has 0 atom stereocenters. The lowest BCUT2D eigenvalue weighted by atomic mass is 9.94. The van der Waals surface area contributed by atoms with E-state index in [2.05, 4.69) is 17.2 Å². The standard InChI is InChI=1S/C14H20N4O3/c1-3-10-4-6-17(7-5-10)14(19)12-8-11(18(20)21)9-16-13(12)15-2/h8-10H,3-7H2,1-2H3,(H,15,16). The van der Waals surface area contributed by atoms with Crippen LogP contribution in [0.3, 0.4) is 0 Å². The highest BCUT2D eigenvalue weighted by atomic mass is 16.6. The number of nitrogens with one attached hydrogen (secondary N) is 1. The molecular formula is C14H20N4O3. The van der Waals surface area contributed by atoms with Crippen LogP contribution in [0.25, 0.3) is 0 Å². The monoisotopic (exact) mass is 292 g/mol. The van der Waals surface area contributed by atoms with Crippen LogP contribution in [0.4, 0.5) is 11.5 Å². The van der Waals surface area contributed by atoms with E-state index in [0.29, 0.717) is 24.8 Å². The zero-order valence-electron chi connectivity index (χ0n) is 12.3. The summed E-state index contributed by atoms with van der Waals surface area (Å²) in [6.07, 6.45) is 4.26. The van der Waals surface area contributed by atoms with Crippen molar-refractivity contribution in [2.24, 2.45) is 5.92 Å². The number of rotatable bonds is 4. The molecule has 114 valence electrons. The molecule has 2 heterocycles. The number of amides is 1. The minimum absolute atomic E-state index is 0.166. The van der Waals surface area contributed by atoms with Gasteiger partial charge < -0.3 is 10.2 Å². The number of pyridine rings is 1. The van der Waals surface area contributed by atoms with E-state index in [1.54, 1.807) is 11.9 Å². The van der Waals surface area contributed by atoms with Gasteiger partial charge in [-0.2, -0.15) is 0 Å². The van der Waals surface area contributed by atoms with Crippen molar-refractivity contribution in [2.75, 3.05) is 25.5 Å². The van der Waals surface area contributed by atoms with Gasteiger partial charge in [-0.1, -0.05) is 13.3 Å². The summed E-state index contributed by atoms with van der Waals surface area (Å²) in [5, 5.41) is 13.7. The molecule has 1 fully saturated rings. The lowest BCUT2D eigenvalue weighted by molar-refractivity contribution is -0.385. The number of aromatic nitrogens is 1. The molecule has 0 bridgehead atoms. The normalized spacial score (nSPS) is 15.8. The summed E-state index contributed by atoms with van der Waals surface area (Å²) in [6.45, 7) is 3.55. The highest BCUT2D eigenvalue weighted by Gasteiger charge is 2.26. The number of likely N-dealkylation sites (tertiary alicyclic amines) is 1. The van der Waals surface area contributed by atoms with E-state index < -0.39 is 4.92 Å². The van der Waals surface area contributed by atoms with Gasteiger partial charge in [-0.05, 0) is 18.8 Å². The molecule has 0 aromatic carbocycles. The zero-order chi connectivity index (χ0) is 15.4. The number of nitrogens with zero attached hydrogens (tertiary/aromatic N) is 3. The summed E-state index contributed by atoms with van der Waals surface area (Å²) in [4.78, 5) is 28.6. The van der Waals surface area contributed by atoms with Gasteiger partial charge in [0.1, 0.15) is 12.0 Å². The summed E-state index contributed by atoms with van der Waals surface area (Å²) < 4.78 is 0. The number of carbonyl (C=O) groups is 1. The molecule has 1 aliphatic heterocycles. The van der Waals surface area contributed by atoms with Crippen LogP contribution in [-0.4, -0.2) is 40.9 Å². The van der Waals surface area contributed by atoms with Gasteiger partial charge in [0, 0.05) is 26.2 Å². The number of carbonyl (C=O) groups excluding carboxylic acids is 1. The number of nitro groups is 1. The van der Waals surface area contributed by atoms with Gasteiger partial charge in [0.25, 0.3) is 11.6 Å². The van der Waals surface area contributed by atoms with Gasteiger partial charge >= 0.3 is 0 Å². The van der Waals surface area contributed by atoms with E-state index in [1.165, 1.54) is 6.07 Å². The van der Waals surface area contributed by atoms with Gasteiger partial charge in [0.05, 0.1) is 10.5 Å². The lowest BCUT2D eigenvalue weighted by Gasteiger charge is -2.31. The Hall–Kier alpha value is -2.18. The Morgan fingerprint density at radius 3 is 2.71 bits per heavy atom. The first-order valence-corrected chi connectivity index (χ1v) is 7.18. The summed E-state index contributed by atoms with van der Waals surface area (Å²) in [5.74, 6) is 0.856. The van der Waals surface area contributed by atoms with Crippen LogP contribution >= 0.6 is 0 Å². The second-order valence-corrected chi connectivity index (χ2v) is 5.24. The topological polar surface area (TPSA) is 88.4 Å². The maximum absolute atomic E-state index is 12.6. The molecule has 1 N–H and O–H groups in total. The second kappa shape index (κ2) is 6.51. The third-order valence-corrected chi connectivity index (χ3v) is 4.03. The Labute approximate surface area is 123 Å². The third kappa shape index (κ3) is 3.29. The Balaban J connectivity index is 2.22. The average Bonchev–Trinajstić information content (AvgIpc) is 2.53. The van der Waals surface area contributed by atoms with Gasteiger partial charge in [0.15, 0.2) is 0 Å². The zero-order valence-corrected chi connectivity index (χ0v) is 12.3. The highest BCUT2D eigenvalue weighted by molar-refractivity contribution is 5.99. The first kappa shape index (κ1) is 15.2. The number of piperidine rings is 1. The number of hydrogen-bond donors (Lipinski definition) is 1. The van der Waals surface area contributed by atoms with Crippen LogP contribution in [0.5, 0.6) is 0 Å². The molecule has 21 heavy (non-hydrogen) atoms. The van der Waals surface area contributed by atoms with Crippen LogP contribution in [0, 0.1) is 16.0 Å². The molecule has 2 rings (SSSR count). The molecule has 1 amide bonds. The molecule has 1 saturated heterocycles. The molecular weight excluding hydrogens is 272 g/mol. The third-order valence-electron chi connectivity index (χ3n) is 4.03. The fraction of sp³-hybridized carbons (Fsp3) is 0.571. The van der Waals surface area contributed by atoms with Crippen molar-refractivity contribution in [3.05, 3.63) is 27.9 Å². The molecule has 1 aliphatic rings. The van der Waals surface area contributed by atoms with E-state index in [0.717, 1.165) is 25.5 Å². The van der Waals surface area contributed by atoms with Crippen LogP contribution in [-0.2, 0) is 0 Å². The van der Waals surface area contributed by atoms with Crippen LogP contribution in [0.1, 0.15) is 36.5 Å². The predicted octanol–water partition coefficient (Wildman–Crippen LogP) is 2.29. The molecule has 1 aromatic heterocycles. The summed E-state index contributed by atoms with van der Waals surface area (Å²) in [7, 11) is 1.65. The molecule has 0 radical (unpaired) electrons. The molecule has 1 aromatic rings. The van der Waals surface area contributed by atoms with Gasteiger partial charge in [0.2, 0.25) is 0 Å². The average molecular weight is 292 g/mol. The van der Waals surface area contributed by atoms with Crippen molar-refractivity contribution < 1.29 is 9.72 Å². The number of hydrogen-bond acceptors (Lipinski definition) is 5. The molecule has 0 saturated carbocycles. The Morgan fingerprint density at radius 1 is 1.52 bits per heavy atom. The Kier molecular flexibility index (Phi) is 4.72. The Bertz CT molecular complexity index is 539. The lowest BCUT2D eigenvalue weighted by Crippen LogP contribution is -2.38. The maximum atomic E-state index is 12.6. The van der Waals surface area contributed by atoms with Crippen molar-refractivity contribution in [2.45, 2.75) is 26.2 Å². The van der Waals surface area contributed by atoms with Crippen molar-refractivity contribution >= 4 is 17.4 Å². The quantitative estimate of drug-likeness (QED) is 0.679. The summed E-state index contributed by atoms with van der Waals surface area (Å²) in [5.41, 5.74) is 0.0995. The van der Waals surface area contributed by atoms with Crippen LogP contribution in [0.2, 0.25) is 0 Å². The minimum Gasteiger partial charge on any atom is -0.372 e. The SMILES string of the molecule is CCC1CCN(C(=O)c2cc([N+](=O)[O-])cnc2NC)CC1. The van der Waals surface area contributed by atoms with Crippen LogP contribution in [0.15, 0.2) is 12.3 Å². The molecule has 0 unspecified atom stereocenters. The first-order chi connectivity index (χ1) is 10.1. The second-order valence-electron chi connectivity index (χ2n) is 5.24. The van der Waals surface area contributed by atoms with E-state index in [9.17, 15) is 14.9 Å². The fourth-order valence-electron chi connectivity index (χ4n) is 2.63. The van der Waals surface area contributed by atoms with Crippen molar-refractivity contribution in [1.29, 1.82) is 0 Å². The van der Waals surface area contributed by atoms with E-state index >= 15 is 0 Å².